The smallest absolute Gasteiger partial charge is 0.0982 e. The van der Waals surface area contributed by atoms with Crippen molar-refractivity contribution in [1.82, 2.24) is 5.48 Å². The molecular formula is C5H14N2O2. The molecule has 56 valence electrons. The topological polar surface area (TPSA) is 48.8 Å². The maximum absolute atomic E-state index is 10.1. The molecule has 0 bridgehead atoms. The van der Waals surface area contributed by atoms with E-state index in [0.717, 1.165) is 19.4 Å². The van der Waals surface area contributed by atoms with Crippen LogP contribution in [-0.2, 0) is 4.94 Å². The molecule has 0 aliphatic carbocycles. The van der Waals surface area contributed by atoms with Crippen molar-refractivity contribution < 1.29 is 10.2 Å². The molecule has 0 fully saturated rings. The van der Waals surface area contributed by atoms with Crippen LogP contribution in [0.2, 0.25) is 0 Å². The molecule has 0 rings (SSSR count). The zero-order valence-corrected chi connectivity index (χ0v) is 5.94. The molecule has 9 heavy (non-hydrogen) atoms. The molecule has 2 N–H and O–H groups in total. The fourth-order valence-corrected chi connectivity index (χ4v) is 0.402. The number of hydrogen-bond donors (Lipinski definition) is 2. The van der Waals surface area contributed by atoms with Gasteiger partial charge in [-0.25, -0.2) is 5.23 Å². The fraction of sp³-hybridized carbons (Fsp3) is 1.00. The van der Waals surface area contributed by atoms with Gasteiger partial charge in [-0.15, -0.1) is 10.4 Å². The van der Waals surface area contributed by atoms with Gasteiger partial charge in [-0.05, 0) is 6.42 Å². The van der Waals surface area contributed by atoms with Crippen LogP contribution in [0.25, 0.3) is 0 Å². The summed E-state index contributed by atoms with van der Waals surface area (Å²) >= 11 is 0. The highest BCUT2D eigenvalue weighted by Gasteiger charge is 1.86. The molecule has 0 amide bonds. The molecule has 0 heterocycles. The van der Waals surface area contributed by atoms with E-state index >= 15 is 0 Å². The molecule has 0 aliphatic rings. The minimum atomic E-state index is -0.286. The van der Waals surface area contributed by atoms with Gasteiger partial charge in [-0.2, -0.15) is 0 Å². The Labute approximate surface area is 55.3 Å². The summed E-state index contributed by atoms with van der Waals surface area (Å²) in [7, 11) is 1.37. The van der Waals surface area contributed by atoms with Crippen LogP contribution in [0.1, 0.15) is 19.8 Å². The quantitative estimate of drug-likeness (QED) is 0.383. The molecule has 0 aromatic heterocycles. The Morgan fingerprint density at radius 1 is 1.67 bits per heavy atom. The lowest BCUT2D eigenvalue weighted by Crippen LogP contribution is -3.04. The first-order chi connectivity index (χ1) is 4.27. The van der Waals surface area contributed by atoms with Crippen LogP contribution in [0, 0.1) is 5.21 Å². The Morgan fingerprint density at radius 3 is 2.78 bits per heavy atom. The van der Waals surface area contributed by atoms with Crippen molar-refractivity contribution in [2.75, 3.05) is 13.6 Å². The zero-order valence-electron chi connectivity index (χ0n) is 5.94. The summed E-state index contributed by atoms with van der Waals surface area (Å²) in [6.07, 6.45) is 2.14. The van der Waals surface area contributed by atoms with Gasteiger partial charge in [0.2, 0.25) is 0 Å². The summed E-state index contributed by atoms with van der Waals surface area (Å²) in [5.74, 6) is 0. The second-order valence-corrected chi connectivity index (χ2v) is 1.84. The van der Waals surface area contributed by atoms with E-state index in [0.29, 0.717) is 0 Å². The Morgan fingerprint density at radius 2 is 2.33 bits per heavy atom. The van der Waals surface area contributed by atoms with Crippen LogP contribution in [0.4, 0.5) is 0 Å². The minimum absolute atomic E-state index is 0.286. The lowest BCUT2D eigenvalue weighted by atomic mass is 10.3. The third-order valence-electron chi connectivity index (χ3n) is 0.848. The highest BCUT2D eigenvalue weighted by atomic mass is 17.0. The van der Waals surface area contributed by atoms with E-state index in [2.05, 4.69) is 17.3 Å². The maximum atomic E-state index is 10.1. The third kappa shape index (κ3) is 7.84. The van der Waals surface area contributed by atoms with Gasteiger partial charge >= 0.3 is 0 Å². The number of unbranched alkanes of at least 4 members (excludes halogenated alkanes) is 1. The lowest BCUT2D eigenvalue weighted by molar-refractivity contribution is -1.05. The summed E-state index contributed by atoms with van der Waals surface area (Å²) in [5, 5.41) is 9.84. The average Bonchev–Trinajstić information content (AvgIpc) is 1.80. The first kappa shape index (κ1) is 8.84. The highest BCUT2D eigenvalue weighted by Crippen LogP contribution is 1.80. The first-order valence-electron chi connectivity index (χ1n) is 3.17. The summed E-state index contributed by atoms with van der Waals surface area (Å²) in [4.78, 5) is 4.46. The normalized spacial score (nSPS) is 13.7. The molecule has 0 saturated carbocycles. The largest absolute Gasteiger partial charge is 0.599 e. The number of hydroxylamine groups is 3. The second kappa shape index (κ2) is 5.97. The van der Waals surface area contributed by atoms with E-state index in [1.165, 1.54) is 7.05 Å². The maximum Gasteiger partial charge on any atom is 0.0982 e. The predicted molar refractivity (Wildman–Crippen MR) is 34.2 cm³/mol. The second-order valence-electron chi connectivity index (χ2n) is 1.84. The number of nitrogens with one attached hydrogen (secondary N) is 2. The van der Waals surface area contributed by atoms with E-state index in [9.17, 15) is 5.21 Å². The molecule has 1 atom stereocenters. The van der Waals surface area contributed by atoms with E-state index in [4.69, 9.17) is 0 Å². The van der Waals surface area contributed by atoms with E-state index in [-0.39, 0.29) is 5.23 Å². The van der Waals surface area contributed by atoms with Crippen molar-refractivity contribution in [2.24, 2.45) is 0 Å². The van der Waals surface area contributed by atoms with Crippen LogP contribution >= 0.6 is 0 Å². The van der Waals surface area contributed by atoms with Crippen molar-refractivity contribution >= 4 is 0 Å². The van der Waals surface area contributed by atoms with Crippen LogP contribution in [-0.4, -0.2) is 13.6 Å². The van der Waals surface area contributed by atoms with Crippen molar-refractivity contribution in [1.29, 1.82) is 0 Å². The average molecular weight is 134 g/mol. The monoisotopic (exact) mass is 134 g/mol. The Balaban J connectivity index is 2.75. The van der Waals surface area contributed by atoms with Gasteiger partial charge in [0.25, 0.3) is 0 Å². The molecule has 4 heteroatoms. The molecule has 0 aromatic rings. The fourth-order valence-electron chi connectivity index (χ4n) is 0.402. The van der Waals surface area contributed by atoms with Gasteiger partial charge in [0.05, 0.1) is 7.05 Å². The number of quaternary nitrogens is 1. The van der Waals surface area contributed by atoms with Crippen molar-refractivity contribution in [3.63, 3.8) is 0 Å². The van der Waals surface area contributed by atoms with Crippen LogP contribution < -0.4 is 10.7 Å². The van der Waals surface area contributed by atoms with Gasteiger partial charge in [0.15, 0.2) is 0 Å². The van der Waals surface area contributed by atoms with Gasteiger partial charge in [-0.3, -0.25) is 0 Å². The standard InChI is InChI=1S/C5H14N2O2/c1-3-4-5-6-9-7(2)8/h6-7H,3-5H2,1-2H3. The van der Waals surface area contributed by atoms with E-state index in [1.54, 1.807) is 0 Å². The summed E-state index contributed by atoms with van der Waals surface area (Å²) in [6, 6.07) is 0. The highest BCUT2D eigenvalue weighted by molar-refractivity contribution is 4.31. The summed E-state index contributed by atoms with van der Waals surface area (Å²) < 4.78 is 0. The molecule has 4 nitrogen and oxygen atoms in total. The lowest BCUT2D eigenvalue weighted by Gasteiger charge is -2.12. The molecule has 0 radical (unpaired) electrons. The van der Waals surface area contributed by atoms with Crippen LogP contribution in [0.3, 0.4) is 0 Å². The minimum Gasteiger partial charge on any atom is -0.599 e. The van der Waals surface area contributed by atoms with E-state index in [1.807, 2.05) is 0 Å². The van der Waals surface area contributed by atoms with Crippen molar-refractivity contribution in [3.8, 4) is 0 Å². The molecule has 0 spiro atoms. The zero-order chi connectivity index (χ0) is 7.11. The van der Waals surface area contributed by atoms with Gasteiger partial charge in [0, 0.05) is 6.54 Å². The predicted octanol–water partition coefficient (Wildman–Crippen LogP) is -0.765. The van der Waals surface area contributed by atoms with Gasteiger partial charge in [-0.1, -0.05) is 13.3 Å². The van der Waals surface area contributed by atoms with Crippen molar-refractivity contribution in [3.05, 3.63) is 5.21 Å². The number of rotatable bonds is 5. The molecule has 0 saturated heterocycles. The molecular weight excluding hydrogens is 120 g/mol. The molecule has 0 aromatic carbocycles. The van der Waals surface area contributed by atoms with Crippen LogP contribution in [0.15, 0.2) is 0 Å². The Kier molecular flexibility index (Phi) is 5.86. The first-order valence-corrected chi connectivity index (χ1v) is 3.17. The molecule has 0 aliphatic heterocycles. The van der Waals surface area contributed by atoms with Gasteiger partial charge in [0.1, 0.15) is 0 Å². The Bertz CT molecular complexity index is 58.9. The van der Waals surface area contributed by atoms with Crippen LogP contribution in [0.5, 0.6) is 0 Å². The van der Waals surface area contributed by atoms with Crippen molar-refractivity contribution in [2.45, 2.75) is 19.8 Å². The number of hydrogen-bond acceptors (Lipinski definition) is 3. The van der Waals surface area contributed by atoms with Gasteiger partial charge < -0.3 is 5.21 Å². The third-order valence-corrected chi connectivity index (χ3v) is 0.848. The molecule has 1 unspecified atom stereocenters. The van der Waals surface area contributed by atoms with E-state index < -0.39 is 0 Å². The SMILES string of the molecule is CCCCNO[NH+](C)[O-]. The summed E-state index contributed by atoms with van der Waals surface area (Å²) in [6.45, 7) is 2.82. The Hall–Kier alpha value is -0.160. The summed E-state index contributed by atoms with van der Waals surface area (Å²) in [5.41, 5.74) is 2.54.